The van der Waals surface area contributed by atoms with Gasteiger partial charge in [-0.2, -0.15) is 0 Å². The molecule has 2 aromatic rings. The maximum Gasteiger partial charge on any atom is 0.422 e. The van der Waals surface area contributed by atoms with Crippen molar-refractivity contribution < 1.29 is 13.9 Å². The van der Waals surface area contributed by atoms with Crippen LogP contribution in [-0.2, 0) is 0 Å². The number of carbonyl (C=O) groups excluding carboxylic acids is 1. The Labute approximate surface area is 133 Å². The van der Waals surface area contributed by atoms with Gasteiger partial charge in [0, 0.05) is 24.0 Å². The molecule has 1 saturated carbocycles. The van der Waals surface area contributed by atoms with Crippen molar-refractivity contribution in [3.8, 4) is 5.95 Å². The van der Waals surface area contributed by atoms with Crippen molar-refractivity contribution in [2.24, 2.45) is 4.99 Å². The number of nitrogens with zero attached hydrogens (tertiary/aromatic N) is 2. The summed E-state index contributed by atoms with van der Waals surface area (Å²) < 4.78 is 11.0. The first-order chi connectivity index (χ1) is 11.3. The number of rotatable bonds is 3. The summed E-state index contributed by atoms with van der Waals surface area (Å²) in [6.45, 7) is 0.464. The molecule has 1 aliphatic carbocycles. The van der Waals surface area contributed by atoms with Crippen molar-refractivity contribution >= 4 is 23.9 Å². The zero-order chi connectivity index (χ0) is 15.6. The summed E-state index contributed by atoms with van der Waals surface area (Å²) >= 11 is 0. The van der Waals surface area contributed by atoms with E-state index < -0.39 is 6.09 Å². The SMILES string of the molecule is O=C(Oc1cc2c(o1)NCN=C2)N(c1ccccc1)C1CCC1. The minimum Gasteiger partial charge on any atom is -0.408 e. The summed E-state index contributed by atoms with van der Waals surface area (Å²) in [5, 5.41) is 2.99. The van der Waals surface area contributed by atoms with Crippen LogP contribution in [0.1, 0.15) is 24.8 Å². The summed E-state index contributed by atoms with van der Waals surface area (Å²) in [6.07, 6.45) is 4.41. The molecule has 118 valence electrons. The van der Waals surface area contributed by atoms with Crippen LogP contribution >= 0.6 is 0 Å². The molecular formula is C17H17N3O3. The quantitative estimate of drug-likeness (QED) is 0.939. The van der Waals surface area contributed by atoms with Crippen LogP contribution in [0.2, 0.25) is 0 Å². The molecule has 1 fully saturated rings. The monoisotopic (exact) mass is 311 g/mol. The molecule has 6 heteroatoms. The second-order valence-electron chi connectivity index (χ2n) is 5.65. The standard InChI is InChI=1S/C17H17N3O3/c21-17(23-15-9-12-10-18-11-19-16(12)22-15)20(14-7-4-8-14)13-5-2-1-3-6-13/h1-3,5-6,9-10,14,19H,4,7-8,11H2. The van der Waals surface area contributed by atoms with E-state index in [-0.39, 0.29) is 12.0 Å². The lowest BCUT2D eigenvalue weighted by molar-refractivity contribution is 0.188. The first-order valence-corrected chi connectivity index (χ1v) is 7.75. The fraction of sp³-hybridized carbons (Fsp3) is 0.294. The molecule has 6 nitrogen and oxygen atoms in total. The van der Waals surface area contributed by atoms with Crippen molar-refractivity contribution in [3.63, 3.8) is 0 Å². The smallest absolute Gasteiger partial charge is 0.408 e. The van der Waals surface area contributed by atoms with E-state index in [2.05, 4.69) is 10.3 Å². The minimum atomic E-state index is -0.413. The average molecular weight is 311 g/mol. The van der Waals surface area contributed by atoms with Crippen LogP contribution in [0.4, 0.5) is 16.4 Å². The van der Waals surface area contributed by atoms with E-state index >= 15 is 0 Å². The van der Waals surface area contributed by atoms with E-state index in [0.29, 0.717) is 12.6 Å². The zero-order valence-electron chi connectivity index (χ0n) is 12.6. The molecule has 0 unspecified atom stereocenters. The number of furan rings is 1. The Hall–Kier alpha value is -2.76. The van der Waals surface area contributed by atoms with Crippen molar-refractivity contribution in [2.45, 2.75) is 25.3 Å². The fourth-order valence-electron chi connectivity index (χ4n) is 2.76. The molecule has 0 spiro atoms. The van der Waals surface area contributed by atoms with Crippen molar-refractivity contribution in [2.75, 3.05) is 16.9 Å². The molecule has 1 amide bonds. The number of carbonyl (C=O) groups is 1. The molecule has 2 heterocycles. The summed E-state index contributed by atoms with van der Waals surface area (Å²) in [5.74, 6) is 0.763. The predicted molar refractivity (Wildman–Crippen MR) is 87.4 cm³/mol. The highest BCUT2D eigenvalue weighted by Gasteiger charge is 2.32. The first kappa shape index (κ1) is 13.9. The number of fused-ring (bicyclic) bond motifs is 1. The highest BCUT2D eigenvalue weighted by atomic mass is 16.6. The van der Waals surface area contributed by atoms with Crippen molar-refractivity contribution in [1.82, 2.24) is 0 Å². The predicted octanol–water partition coefficient (Wildman–Crippen LogP) is 3.64. The Balaban J connectivity index is 1.56. The van der Waals surface area contributed by atoms with Gasteiger partial charge in [-0.05, 0) is 31.4 Å². The Kier molecular flexibility index (Phi) is 3.49. The van der Waals surface area contributed by atoms with Gasteiger partial charge in [0.15, 0.2) is 0 Å². The number of benzene rings is 1. The molecule has 1 aromatic carbocycles. The van der Waals surface area contributed by atoms with Crippen molar-refractivity contribution in [1.29, 1.82) is 0 Å². The van der Waals surface area contributed by atoms with E-state index in [4.69, 9.17) is 9.15 Å². The molecule has 1 aliphatic heterocycles. The Morgan fingerprint density at radius 1 is 1.30 bits per heavy atom. The van der Waals surface area contributed by atoms with Crippen LogP contribution in [-0.4, -0.2) is 25.0 Å². The van der Waals surface area contributed by atoms with Crippen LogP contribution in [0.25, 0.3) is 0 Å². The Bertz CT molecular complexity index is 735. The number of hydrogen-bond donors (Lipinski definition) is 1. The van der Waals surface area contributed by atoms with E-state index in [0.717, 1.165) is 30.5 Å². The van der Waals surface area contributed by atoms with Gasteiger partial charge >= 0.3 is 6.09 Å². The second-order valence-corrected chi connectivity index (χ2v) is 5.65. The highest BCUT2D eigenvalue weighted by molar-refractivity contribution is 5.91. The topological polar surface area (TPSA) is 67.1 Å². The molecule has 4 rings (SSSR count). The van der Waals surface area contributed by atoms with Gasteiger partial charge in [0.2, 0.25) is 5.88 Å². The van der Waals surface area contributed by atoms with Gasteiger partial charge in [-0.3, -0.25) is 9.89 Å². The van der Waals surface area contributed by atoms with E-state index in [9.17, 15) is 4.79 Å². The molecule has 1 aromatic heterocycles. The number of nitrogens with one attached hydrogen (secondary N) is 1. The molecular weight excluding hydrogens is 294 g/mol. The molecule has 0 saturated heterocycles. The van der Waals surface area contributed by atoms with Gasteiger partial charge in [0.05, 0.1) is 5.56 Å². The molecule has 1 N–H and O–H groups in total. The zero-order valence-corrected chi connectivity index (χ0v) is 12.6. The van der Waals surface area contributed by atoms with Crippen LogP contribution in [0.3, 0.4) is 0 Å². The van der Waals surface area contributed by atoms with Gasteiger partial charge in [-0.25, -0.2) is 4.79 Å². The maximum absolute atomic E-state index is 12.6. The second kappa shape index (κ2) is 5.79. The number of para-hydroxylation sites is 1. The van der Waals surface area contributed by atoms with Gasteiger partial charge in [0.1, 0.15) is 6.67 Å². The summed E-state index contributed by atoms with van der Waals surface area (Å²) in [5.41, 5.74) is 1.63. The lowest BCUT2D eigenvalue weighted by Gasteiger charge is -2.36. The molecule has 0 bridgehead atoms. The summed E-state index contributed by atoms with van der Waals surface area (Å²) in [7, 11) is 0. The maximum atomic E-state index is 12.6. The van der Waals surface area contributed by atoms with Crippen LogP contribution in [0, 0.1) is 0 Å². The third-order valence-corrected chi connectivity index (χ3v) is 4.16. The Morgan fingerprint density at radius 3 is 2.83 bits per heavy atom. The third-order valence-electron chi connectivity index (χ3n) is 4.16. The number of ether oxygens (including phenoxy) is 1. The molecule has 23 heavy (non-hydrogen) atoms. The number of hydrogen-bond acceptors (Lipinski definition) is 5. The van der Waals surface area contributed by atoms with Gasteiger partial charge in [-0.15, -0.1) is 0 Å². The van der Waals surface area contributed by atoms with E-state index in [1.54, 1.807) is 17.2 Å². The molecule has 0 radical (unpaired) electrons. The molecule has 0 atom stereocenters. The average Bonchev–Trinajstić information content (AvgIpc) is 2.93. The lowest BCUT2D eigenvalue weighted by atomic mass is 9.91. The first-order valence-electron chi connectivity index (χ1n) is 7.75. The summed E-state index contributed by atoms with van der Waals surface area (Å²) in [4.78, 5) is 18.5. The third kappa shape index (κ3) is 2.67. The van der Waals surface area contributed by atoms with Gasteiger partial charge < -0.3 is 14.5 Å². The van der Waals surface area contributed by atoms with E-state index in [1.807, 2.05) is 30.3 Å². The minimum absolute atomic E-state index is 0.182. The Morgan fingerprint density at radius 2 is 2.13 bits per heavy atom. The number of anilines is 2. The van der Waals surface area contributed by atoms with Gasteiger partial charge in [-0.1, -0.05) is 18.2 Å². The van der Waals surface area contributed by atoms with Crippen LogP contribution < -0.4 is 15.0 Å². The highest BCUT2D eigenvalue weighted by Crippen LogP contribution is 2.32. The normalized spacial score (nSPS) is 16.2. The van der Waals surface area contributed by atoms with E-state index in [1.165, 1.54) is 0 Å². The van der Waals surface area contributed by atoms with Crippen LogP contribution in [0.5, 0.6) is 5.95 Å². The molecule has 2 aliphatic rings. The fourth-order valence-corrected chi connectivity index (χ4v) is 2.76. The number of aliphatic imine (C=N–C) groups is 1. The largest absolute Gasteiger partial charge is 0.422 e. The number of amides is 1. The van der Waals surface area contributed by atoms with Crippen molar-refractivity contribution in [3.05, 3.63) is 42.0 Å². The lowest BCUT2D eigenvalue weighted by Crippen LogP contribution is -2.45. The summed E-state index contributed by atoms with van der Waals surface area (Å²) in [6, 6.07) is 11.5. The van der Waals surface area contributed by atoms with Gasteiger partial charge in [0.25, 0.3) is 5.95 Å². The van der Waals surface area contributed by atoms with Crippen LogP contribution in [0.15, 0.2) is 45.8 Å².